The fraction of sp³-hybridized carbons (Fsp3) is 0.360. The summed E-state index contributed by atoms with van der Waals surface area (Å²) in [6.45, 7) is 3.17. The maximum absolute atomic E-state index is 12.2. The van der Waals surface area contributed by atoms with Gasteiger partial charge in [0.05, 0.1) is 18.2 Å². The van der Waals surface area contributed by atoms with Gasteiger partial charge in [-0.25, -0.2) is 0 Å². The largest absolute Gasteiger partial charge is 0.497 e. The van der Waals surface area contributed by atoms with E-state index >= 15 is 0 Å². The van der Waals surface area contributed by atoms with Crippen LogP contribution in [-0.4, -0.2) is 35.1 Å². The highest BCUT2D eigenvalue weighted by Gasteiger charge is 2.17. The van der Waals surface area contributed by atoms with E-state index < -0.39 is 0 Å². The number of benzene rings is 2. The van der Waals surface area contributed by atoms with Crippen molar-refractivity contribution in [3.05, 3.63) is 52.5 Å². The average molecular weight is 529 g/mol. The minimum atomic E-state index is -0.351. The van der Waals surface area contributed by atoms with E-state index in [1.165, 1.54) is 0 Å². The van der Waals surface area contributed by atoms with Crippen LogP contribution in [0.15, 0.2) is 57.2 Å². The molecule has 0 aliphatic carbocycles. The van der Waals surface area contributed by atoms with Crippen molar-refractivity contribution in [2.75, 3.05) is 13.7 Å². The molecule has 34 heavy (non-hydrogen) atoms. The molecular formula is C25H29BrN4O4. The molecule has 1 heterocycles. The first-order valence-corrected chi connectivity index (χ1v) is 12.1. The molecule has 2 N–H and O–H groups in total. The number of carbonyl (C=O) groups is 2. The number of aromatic hydroxyl groups is 1. The minimum absolute atomic E-state index is 0.0116. The number of unbranched alkanes of at least 4 members (excludes halogenated alkanes) is 2. The molecule has 3 aromatic rings. The molecule has 0 bridgehead atoms. The molecule has 0 saturated carbocycles. The van der Waals surface area contributed by atoms with Crippen molar-refractivity contribution < 1.29 is 19.4 Å². The zero-order chi connectivity index (χ0) is 24.5. The number of hydrogen-bond donors (Lipinski definition) is 2. The quantitative estimate of drug-likeness (QED) is 0.230. The molecular weight excluding hydrogens is 500 g/mol. The summed E-state index contributed by atoms with van der Waals surface area (Å²) < 4.78 is 7.80. The molecule has 0 aliphatic rings. The lowest BCUT2D eigenvalue weighted by atomic mass is 10.2. The molecule has 0 fully saturated rings. The van der Waals surface area contributed by atoms with Crippen molar-refractivity contribution in [3.63, 3.8) is 0 Å². The molecule has 0 spiro atoms. The van der Waals surface area contributed by atoms with Gasteiger partial charge in [-0.05, 0) is 65.5 Å². The summed E-state index contributed by atoms with van der Waals surface area (Å²) in [5.41, 5.74) is 1.68. The van der Waals surface area contributed by atoms with Crippen LogP contribution in [0.5, 0.6) is 11.6 Å². The predicted octanol–water partition coefficient (Wildman–Crippen LogP) is 6.13. The molecule has 0 radical (unpaired) electrons. The van der Waals surface area contributed by atoms with Crippen LogP contribution in [-0.2, 0) is 11.3 Å². The van der Waals surface area contributed by atoms with Gasteiger partial charge >= 0.3 is 0 Å². The summed E-state index contributed by atoms with van der Waals surface area (Å²) >= 11 is 3.37. The standard InChI is InChI=1S/C25H29BrN4O4/c1-3-15-30-21-13-12-17(34-2)16-19(21)23(25(30)33)29-28-22(31)11-5-4-8-14-27-24(32)18-9-6-7-10-20(18)26/h6-7,9-10,12-13,16,33H,3-5,8,11,14-15H2,1-2H3,(H,27,32). The first-order chi connectivity index (χ1) is 16.5. The third-order valence-corrected chi connectivity index (χ3v) is 6.09. The maximum Gasteiger partial charge on any atom is 0.264 e. The highest BCUT2D eigenvalue weighted by atomic mass is 79.9. The third kappa shape index (κ3) is 6.22. The Hall–Kier alpha value is -3.20. The number of nitrogens with one attached hydrogen (secondary N) is 1. The summed E-state index contributed by atoms with van der Waals surface area (Å²) in [5, 5.41) is 22.1. The average Bonchev–Trinajstić information content (AvgIpc) is 3.10. The van der Waals surface area contributed by atoms with E-state index in [1.807, 2.05) is 37.3 Å². The first kappa shape index (κ1) is 25.4. The molecule has 8 nitrogen and oxygen atoms in total. The maximum atomic E-state index is 12.2. The molecule has 0 saturated heterocycles. The Morgan fingerprint density at radius 3 is 2.68 bits per heavy atom. The zero-order valence-corrected chi connectivity index (χ0v) is 21.0. The number of ether oxygens (including phenoxy) is 1. The van der Waals surface area contributed by atoms with Crippen molar-refractivity contribution in [2.24, 2.45) is 10.2 Å². The van der Waals surface area contributed by atoms with Crippen molar-refractivity contribution in [3.8, 4) is 11.6 Å². The highest BCUT2D eigenvalue weighted by molar-refractivity contribution is 9.10. The van der Waals surface area contributed by atoms with Gasteiger partial charge in [0.1, 0.15) is 5.75 Å². The van der Waals surface area contributed by atoms with E-state index in [0.717, 1.165) is 29.3 Å². The van der Waals surface area contributed by atoms with Gasteiger partial charge in [-0.15, -0.1) is 10.2 Å². The summed E-state index contributed by atoms with van der Waals surface area (Å²) in [6, 6.07) is 12.7. The number of azo groups is 1. The second-order valence-corrected chi connectivity index (χ2v) is 8.70. The number of amides is 2. The molecule has 180 valence electrons. The molecule has 2 amide bonds. The van der Waals surface area contributed by atoms with Gasteiger partial charge in [-0.1, -0.05) is 25.5 Å². The van der Waals surface area contributed by atoms with Crippen molar-refractivity contribution in [1.29, 1.82) is 0 Å². The van der Waals surface area contributed by atoms with Gasteiger partial charge in [0, 0.05) is 29.4 Å². The molecule has 0 atom stereocenters. The Labute approximate surface area is 207 Å². The topological polar surface area (TPSA) is 105 Å². The van der Waals surface area contributed by atoms with Crippen molar-refractivity contribution in [2.45, 2.75) is 45.6 Å². The van der Waals surface area contributed by atoms with Crippen molar-refractivity contribution in [1.82, 2.24) is 9.88 Å². The van der Waals surface area contributed by atoms with Crippen LogP contribution < -0.4 is 10.1 Å². The smallest absolute Gasteiger partial charge is 0.264 e. The fourth-order valence-corrected chi connectivity index (χ4v) is 4.12. The summed E-state index contributed by atoms with van der Waals surface area (Å²) in [6.07, 6.45) is 3.25. The number of carbonyl (C=O) groups excluding carboxylic acids is 2. The number of aromatic nitrogens is 1. The number of rotatable bonds is 11. The Morgan fingerprint density at radius 1 is 1.15 bits per heavy atom. The number of methoxy groups -OCH3 is 1. The zero-order valence-electron chi connectivity index (χ0n) is 19.4. The van der Waals surface area contributed by atoms with E-state index in [1.54, 1.807) is 23.8 Å². The second kappa shape index (κ2) is 12.3. The second-order valence-electron chi connectivity index (χ2n) is 7.85. The number of hydrogen-bond acceptors (Lipinski definition) is 5. The van der Waals surface area contributed by atoms with Gasteiger partial charge in [0.2, 0.25) is 5.88 Å². The molecule has 9 heteroatoms. The van der Waals surface area contributed by atoms with E-state index in [2.05, 4.69) is 31.5 Å². The lowest BCUT2D eigenvalue weighted by Crippen LogP contribution is -2.24. The molecule has 0 unspecified atom stereocenters. The Bertz CT molecular complexity index is 1190. The van der Waals surface area contributed by atoms with Gasteiger partial charge in [-0.3, -0.25) is 9.59 Å². The van der Waals surface area contributed by atoms with E-state index in [4.69, 9.17) is 4.74 Å². The minimum Gasteiger partial charge on any atom is -0.497 e. The molecule has 0 aliphatic heterocycles. The predicted molar refractivity (Wildman–Crippen MR) is 135 cm³/mol. The Morgan fingerprint density at radius 2 is 1.94 bits per heavy atom. The molecule has 3 rings (SSSR count). The van der Waals surface area contributed by atoms with E-state index in [9.17, 15) is 14.7 Å². The molecule has 1 aromatic heterocycles. The van der Waals surface area contributed by atoms with Crippen LogP contribution in [0, 0.1) is 0 Å². The van der Waals surface area contributed by atoms with Crippen LogP contribution in [0.4, 0.5) is 5.69 Å². The van der Waals surface area contributed by atoms with Crippen LogP contribution in [0.1, 0.15) is 49.4 Å². The van der Waals surface area contributed by atoms with Gasteiger partial charge in [0.15, 0.2) is 5.69 Å². The third-order valence-electron chi connectivity index (χ3n) is 5.40. The SMILES string of the molecule is CCCn1c(O)c(N=NC(=O)CCCCCNC(=O)c2ccccc2Br)c2cc(OC)ccc21. The normalized spacial score (nSPS) is 11.3. The Balaban J connectivity index is 1.51. The van der Waals surface area contributed by atoms with Crippen LogP contribution in [0.2, 0.25) is 0 Å². The highest BCUT2D eigenvalue weighted by Crippen LogP contribution is 2.40. The fourth-order valence-electron chi connectivity index (χ4n) is 3.65. The van der Waals surface area contributed by atoms with Crippen LogP contribution in [0.25, 0.3) is 10.9 Å². The monoisotopic (exact) mass is 528 g/mol. The lowest BCUT2D eigenvalue weighted by molar-refractivity contribution is -0.118. The van der Waals surface area contributed by atoms with Crippen LogP contribution in [0.3, 0.4) is 0 Å². The number of aryl methyl sites for hydroxylation is 1. The summed E-state index contributed by atoms with van der Waals surface area (Å²) in [4.78, 5) is 24.4. The van der Waals surface area contributed by atoms with Gasteiger partial charge in [-0.2, -0.15) is 0 Å². The van der Waals surface area contributed by atoms with Crippen molar-refractivity contribution >= 4 is 44.3 Å². The number of halogens is 1. The number of fused-ring (bicyclic) bond motifs is 1. The summed E-state index contributed by atoms with van der Waals surface area (Å²) in [5.74, 6) is 0.144. The summed E-state index contributed by atoms with van der Waals surface area (Å²) in [7, 11) is 1.57. The first-order valence-electron chi connectivity index (χ1n) is 11.3. The van der Waals surface area contributed by atoms with E-state index in [-0.39, 0.29) is 29.8 Å². The number of nitrogens with zero attached hydrogens (tertiary/aromatic N) is 3. The van der Waals surface area contributed by atoms with Gasteiger partial charge in [0.25, 0.3) is 11.8 Å². The van der Waals surface area contributed by atoms with E-state index in [0.29, 0.717) is 36.2 Å². The van der Waals surface area contributed by atoms with Gasteiger partial charge < -0.3 is 19.7 Å². The molecule has 2 aromatic carbocycles. The lowest BCUT2D eigenvalue weighted by Gasteiger charge is -2.06. The Kier molecular flexibility index (Phi) is 9.21. The van der Waals surface area contributed by atoms with Crippen LogP contribution >= 0.6 is 15.9 Å².